The van der Waals surface area contributed by atoms with Crippen LogP contribution >= 0.6 is 23.2 Å². The highest BCUT2D eigenvalue weighted by molar-refractivity contribution is 6.21. The van der Waals surface area contributed by atoms with Gasteiger partial charge in [0, 0.05) is 0 Å². The van der Waals surface area contributed by atoms with E-state index in [1.807, 2.05) is 12.1 Å². The highest BCUT2D eigenvalue weighted by Crippen LogP contribution is 2.19. The zero-order valence-electron chi connectivity index (χ0n) is 14.7. The second-order valence-electron chi connectivity index (χ2n) is 6.42. The molecule has 3 heteroatoms. The Morgan fingerprint density at radius 3 is 1.40 bits per heavy atom. The molecule has 0 N–H and O–H groups in total. The van der Waals surface area contributed by atoms with Crippen molar-refractivity contribution in [3.8, 4) is 0 Å². The predicted octanol–water partition coefficient (Wildman–Crippen LogP) is 6.96. The molecule has 25 heavy (non-hydrogen) atoms. The van der Waals surface area contributed by atoms with Gasteiger partial charge in [-0.25, -0.2) is 0 Å². The summed E-state index contributed by atoms with van der Waals surface area (Å²) in [7, 11) is 0. The van der Waals surface area contributed by atoms with Gasteiger partial charge >= 0.3 is 0 Å². The number of halogens is 2. The molecule has 136 valence electrons. The van der Waals surface area contributed by atoms with E-state index in [9.17, 15) is 0 Å². The van der Waals surface area contributed by atoms with Gasteiger partial charge in [0.25, 0.3) is 0 Å². The van der Waals surface area contributed by atoms with Crippen LogP contribution < -0.4 is 0 Å². The molecule has 2 aromatic carbocycles. The fourth-order valence-corrected chi connectivity index (χ4v) is 3.46. The highest BCUT2D eigenvalue weighted by atomic mass is 35.5. The standard InChI is InChI=1S/C22H28Cl2O/c23-21(17-9-7-15-19-11-3-1-4-12-19)25-22(24)18-10-8-16-20-13-5-2-6-14-20/h1-6,11-14,21-22H,7-10,15-18H2. The first-order chi connectivity index (χ1) is 12.2. The first-order valence-electron chi connectivity index (χ1n) is 9.25. The van der Waals surface area contributed by atoms with Crippen LogP contribution in [-0.4, -0.2) is 11.1 Å². The summed E-state index contributed by atoms with van der Waals surface area (Å²) in [6.07, 6.45) is 8.24. The van der Waals surface area contributed by atoms with Crippen molar-refractivity contribution in [2.24, 2.45) is 0 Å². The number of hydrogen-bond donors (Lipinski definition) is 0. The van der Waals surface area contributed by atoms with Gasteiger partial charge in [-0.1, -0.05) is 83.9 Å². The summed E-state index contributed by atoms with van der Waals surface area (Å²) in [6, 6.07) is 21.1. The lowest BCUT2D eigenvalue weighted by Gasteiger charge is -2.16. The lowest BCUT2D eigenvalue weighted by atomic mass is 10.1. The quantitative estimate of drug-likeness (QED) is 0.286. The Morgan fingerprint density at radius 1 is 0.600 bits per heavy atom. The largest absolute Gasteiger partial charge is 0.344 e. The molecule has 0 aliphatic heterocycles. The monoisotopic (exact) mass is 378 g/mol. The van der Waals surface area contributed by atoms with Crippen molar-refractivity contribution < 1.29 is 4.74 Å². The normalized spacial score (nSPS) is 13.5. The van der Waals surface area contributed by atoms with Crippen LogP contribution in [0.25, 0.3) is 0 Å². The average Bonchev–Trinajstić information content (AvgIpc) is 2.64. The maximum absolute atomic E-state index is 6.26. The zero-order chi connectivity index (χ0) is 17.7. The van der Waals surface area contributed by atoms with Crippen LogP contribution in [0.3, 0.4) is 0 Å². The van der Waals surface area contributed by atoms with Gasteiger partial charge in [0.05, 0.1) is 0 Å². The lowest BCUT2D eigenvalue weighted by molar-refractivity contribution is 0.0693. The van der Waals surface area contributed by atoms with E-state index in [2.05, 4.69) is 48.5 Å². The third-order valence-electron chi connectivity index (χ3n) is 4.27. The van der Waals surface area contributed by atoms with Crippen LogP contribution in [0.1, 0.15) is 49.7 Å². The summed E-state index contributed by atoms with van der Waals surface area (Å²) in [6.45, 7) is 0. The lowest BCUT2D eigenvalue weighted by Crippen LogP contribution is -2.13. The molecular formula is C22H28Cl2O. The van der Waals surface area contributed by atoms with Crippen LogP contribution in [0.5, 0.6) is 0 Å². The molecule has 0 aliphatic rings. The molecule has 2 rings (SSSR count). The van der Waals surface area contributed by atoms with Gasteiger partial charge in [-0.15, -0.1) is 0 Å². The second-order valence-corrected chi connectivity index (χ2v) is 7.39. The molecule has 2 unspecified atom stereocenters. The number of hydrogen-bond acceptors (Lipinski definition) is 1. The van der Waals surface area contributed by atoms with Crippen molar-refractivity contribution >= 4 is 23.2 Å². The number of rotatable bonds is 12. The summed E-state index contributed by atoms with van der Waals surface area (Å²) >= 11 is 12.5. The minimum Gasteiger partial charge on any atom is -0.344 e. The van der Waals surface area contributed by atoms with Crippen molar-refractivity contribution in [2.45, 2.75) is 62.5 Å². The van der Waals surface area contributed by atoms with Gasteiger partial charge in [-0.2, -0.15) is 0 Å². The third kappa shape index (κ3) is 9.30. The minimum atomic E-state index is -0.285. The summed E-state index contributed by atoms with van der Waals surface area (Å²) in [5, 5.41) is 0. The van der Waals surface area contributed by atoms with Crippen molar-refractivity contribution in [1.29, 1.82) is 0 Å². The molecule has 0 heterocycles. The summed E-state index contributed by atoms with van der Waals surface area (Å²) in [5.74, 6) is 0. The number of aryl methyl sites for hydroxylation is 2. The first kappa shape index (κ1) is 20.3. The highest BCUT2D eigenvalue weighted by Gasteiger charge is 2.11. The van der Waals surface area contributed by atoms with E-state index in [0.717, 1.165) is 51.4 Å². The summed E-state index contributed by atoms with van der Waals surface area (Å²) in [5.41, 5.74) is 2.19. The van der Waals surface area contributed by atoms with E-state index in [0.29, 0.717) is 0 Å². The molecule has 2 atom stereocenters. The van der Waals surface area contributed by atoms with Gasteiger partial charge < -0.3 is 4.74 Å². The Bertz CT molecular complexity index is 507. The Kier molecular flexibility index (Phi) is 10.0. The number of ether oxygens (including phenoxy) is 1. The van der Waals surface area contributed by atoms with Crippen molar-refractivity contribution in [2.75, 3.05) is 0 Å². The second kappa shape index (κ2) is 12.4. The molecule has 0 amide bonds. The molecule has 0 bridgehead atoms. The molecule has 0 fully saturated rings. The fourth-order valence-electron chi connectivity index (χ4n) is 2.85. The van der Waals surface area contributed by atoms with E-state index in [-0.39, 0.29) is 11.1 Å². The van der Waals surface area contributed by atoms with Gasteiger partial charge in [0.2, 0.25) is 0 Å². The molecule has 0 spiro atoms. The van der Waals surface area contributed by atoms with Gasteiger partial charge in [0.1, 0.15) is 11.1 Å². The SMILES string of the molecule is ClC(CCCCc1ccccc1)OC(Cl)CCCCc1ccccc1. The molecular weight excluding hydrogens is 351 g/mol. The number of alkyl halides is 2. The van der Waals surface area contributed by atoms with Gasteiger partial charge in [-0.3, -0.25) is 0 Å². The van der Waals surface area contributed by atoms with E-state index >= 15 is 0 Å². The molecule has 0 aromatic heterocycles. The topological polar surface area (TPSA) is 9.23 Å². The van der Waals surface area contributed by atoms with Crippen molar-refractivity contribution in [1.82, 2.24) is 0 Å². The van der Waals surface area contributed by atoms with E-state index in [1.54, 1.807) is 0 Å². The Hall–Kier alpha value is -1.02. The van der Waals surface area contributed by atoms with Crippen LogP contribution in [0.15, 0.2) is 60.7 Å². The van der Waals surface area contributed by atoms with Gasteiger partial charge in [0.15, 0.2) is 0 Å². The Labute approximate surface area is 162 Å². The number of unbranched alkanes of at least 4 members (excludes halogenated alkanes) is 2. The molecule has 0 aliphatic carbocycles. The minimum absolute atomic E-state index is 0.285. The van der Waals surface area contributed by atoms with Crippen LogP contribution in [0.2, 0.25) is 0 Å². The summed E-state index contributed by atoms with van der Waals surface area (Å²) < 4.78 is 5.69. The molecule has 1 nitrogen and oxygen atoms in total. The van der Waals surface area contributed by atoms with E-state index in [4.69, 9.17) is 27.9 Å². The zero-order valence-corrected chi connectivity index (χ0v) is 16.3. The third-order valence-corrected chi connectivity index (χ3v) is 4.92. The first-order valence-corrected chi connectivity index (χ1v) is 10.1. The van der Waals surface area contributed by atoms with Crippen LogP contribution in [0.4, 0.5) is 0 Å². The predicted molar refractivity (Wildman–Crippen MR) is 108 cm³/mol. The van der Waals surface area contributed by atoms with Gasteiger partial charge in [-0.05, 0) is 62.5 Å². The Morgan fingerprint density at radius 2 is 1.00 bits per heavy atom. The molecule has 2 aromatic rings. The fraction of sp³-hybridized carbons (Fsp3) is 0.455. The maximum atomic E-state index is 6.26. The van der Waals surface area contributed by atoms with Crippen molar-refractivity contribution in [3.63, 3.8) is 0 Å². The molecule has 0 radical (unpaired) electrons. The van der Waals surface area contributed by atoms with Crippen molar-refractivity contribution in [3.05, 3.63) is 71.8 Å². The molecule has 0 saturated heterocycles. The average molecular weight is 379 g/mol. The maximum Gasteiger partial charge on any atom is 0.133 e. The summed E-state index contributed by atoms with van der Waals surface area (Å²) in [4.78, 5) is 0. The van der Waals surface area contributed by atoms with Crippen LogP contribution in [0, 0.1) is 0 Å². The number of benzene rings is 2. The molecule has 0 saturated carbocycles. The van der Waals surface area contributed by atoms with E-state index < -0.39 is 0 Å². The van der Waals surface area contributed by atoms with E-state index in [1.165, 1.54) is 11.1 Å². The smallest absolute Gasteiger partial charge is 0.133 e. The van der Waals surface area contributed by atoms with Crippen LogP contribution in [-0.2, 0) is 17.6 Å². The Balaban J connectivity index is 1.49.